The molecule has 6 nitrogen and oxygen atoms in total. The number of aryl methyl sites for hydroxylation is 1. The molecule has 0 aromatic carbocycles. The lowest BCUT2D eigenvalue weighted by Gasteiger charge is -2.23. The minimum atomic E-state index is -0.589. The third-order valence-corrected chi connectivity index (χ3v) is 4.96. The molecule has 0 aliphatic carbocycles. The van der Waals surface area contributed by atoms with Crippen molar-refractivity contribution >= 4 is 11.8 Å². The van der Waals surface area contributed by atoms with Crippen molar-refractivity contribution in [3.8, 4) is 0 Å². The van der Waals surface area contributed by atoms with E-state index in [1.54, 1.807) is 6.92 Å². The van der Waals surface area contributed by atoms with Crippen molar-refractivity contribution in [1.82, 2.24) is 9.55 Å². The van der Waals surface area contributed by atoms with E-state index in [-0.39, 0.29) is 24.1 Å². The van der Waals surface area contributed by atoms with Crippen LogP contribution in [0.1, 0.15) is 23.8 Å². The van der Waals surface area contributed by atoms with Crippen LogP contribution < -0.4 is 11.2 Å². The number of aliphatic hydroxyl groups is 2. The number of aliphatic hydroxyl groups excluding tert-OH is 2. The molecule has 1 saturated heterocycles. The van der Waals surface area contributed by atoms with Crippen LogP contribution >= 0.6 is 11.8 Å². The fourth-order valence-electron chi connectivity index (χ4n) is 2.07. The van der Waals surface area contributed by atoms with E-state index in [0.29, 0.717) is 18.4 Å². The van der Waals surface area contributed by atoms with E-state index >= 15 is 0 Å². The first-order chi connectivity index (χ1) is 8.51. The Labute approximate surface area is 108 Å². The molecule has 0 bridgehead atoms. The van der Waals surface area contributed by atoms with Gasteiger partial charge in [-0.25, -0.2) is 4.79 Å². The number of H-pyrrole nitrogens is 1. The largest absolute Gasteiger partial charge is 0.395 e. The van der Waals surface area contributed by atoms with E-state index in [4.69, 9.17) is 0 Å². The van der Waals surface area contributed by atoms with Gasteiger partial charge >= 0.3 is 5.69 Å². The highest BCUT2D eigenvalue weighted by atomic mass is 32.2. The van der Waals surface area contributed by atoms with Gasteiger partial charge in [-0.15, -0.1) is 11.8 Å². The van der Waals surface area contributed by atoms with Gasteiger partial charge in [0.25, 0.3) is 5.56 Å². The molecule has 1 aromatic heterocycles. The molecule has 2 heterocycles. The number of rotatable bonds is 3. The summed E-state index contributed by atoms with van der Waals surface area (Å²) >= 11 is 1.38. The van der Waals surface area contributed by atoms with Crippen LogP contribution in [0.5, 0.6) is 0 Å². The quantitative estimate of drug-likeness (QED) is 0.695. The van der Waals surface area contributed by atoms with Crippen molar-refractivity contribution in [2.24, 2.45) is 0 Å². The molecule has 7 heteroatoms. The number of aromatic nitrogens is 2. The monoisotopic (exact) mass is 272 g/mol. The lowest BCUT2D eigenvalue weighted by molar-refractivity contribution is 0.170. The zero-order chi connectivity index (χ0) is 13.3. The van der Waals surface area contributed by atoms with Crippen LogP contribution in [0.2, 0.25) is 0 Å². The van der Waals surface area contributed by atoms with Crippen molar-refractivity contribution in [3.63, 3.8) is 0 Å². The first-order valence-corrected chi connectivity index (χ1v) is 6.61. The standard InChI is InChI=1S/C11H16N2O4S/c1-7-4-13(10(17)12-9(7)16)8-2-3-11(5-14,6-15)18-8/h4,8,14-15H,2-3,5-6H2,1H3,(H,12,16,17). The average Bonchev–Trinajstić information content (AvgIpc) is 2.79. The summed E-state index contributed by atoms with van der Waals surface area (Å²) in [5.41, 5.74) is -0.356. The molecule has 0 spiro atoms. The van der Waals surface area contributed by atoms with Crippen molar-refractivity contribution < 1.29 is 10.2 Å². The van der Waals surface area contributed by atoms with Gasteiger partial charge in [0.2, 0.25) is 0 Å². The maximum atomic E-state index is 11.7. The number of hydrogen-bond donors (Lipinski definition) is 3. The minimum Gasteiger partial charge on any atom is -0.395 e. The summed E-state index contributed by atoms with van der Waals surface area (Å²) in [4.78, 5) is 25.3. The maximum Gasteiger partial charge on any atom is 0.329 e. The maximum absolute atomic E-state index is 11.7. The lowest BCUT2D eigenvalue weighted by Crippen LogP contribution is -2.33. The molecule has 0 radical (unpaired) electrons. The van der Waals surface area contributed by atoms with E-state index in [1.165, 1.54) is 22.5 Å². The topological polar surface area (TPSA) is 95.3 Å². The van der Waals surface area contributed by atoms with Crippen LogP contribution in [-0.4, -0.2) is 37.7 Å². The average molecular weight is 272 g/mol. The molecule has 1 aliphatic heterocycles. The molecule has 0 amide bonds. The van der Waals surface area contributed by atoms with Crippen LogP contribution in [-0.2, 0) is 0 Å². The van der Waals surface area contributed by atoms with Gasteiger partial charge in [0.1, 0.15) is 0 Å². The third kappa shape index (κ3) is 2.25. The Bertz CT molecular complexity index is 547. The Balaban J connectivity index is 2.33. The Morgan fingerprint density at radius 1 is 1.50 bits per heavy atom. The van der Waals surface area contributed by atoms with Crippen LogP contribution in [0.25, 0.3) is 0 Å². The summed E-state index contributed by atoms with van der Waals surface area (Å²) in [6.07, 6.45) is 2.85. The molecule has 18 heavy (non-hydrogen) atoms. The Kier molecular flexibility index (Phi) is 3.65. The van der Waals surface area contributed by atoms with E-state index in [0.717, 1.165) is 0 Å². The van der Waals surface area contributed by atoms with Gasteiger partial charge < -0.3 is 10.2 Å². The SMILES string of the molecule is Cc1cn(C2CCC(CO)(CO)S2)c(=O)[nH]c1=O. The van der Waals surface area contributed by atoms with Crippen LogP contribution in [0.3, 0.4) is 0 Å². The number of nitrogens with zero attached hydrogens (tertiary/aromatic N) is 1. The van der Waals surface area contributed by atoms with Gasteiger partial charge in [0.05, 0.1) is 23.3 Å². The van der Waals surface area contributed by atoms with Gasteiger partial charge in [0, 0.05) is 11.8 Å². The smallest absolute Gasteiger partial charge is 0.329 e. The van der Waals surface area contributed by atoms with Crippen molar-refractivity contribution in [1.29, 1.82) is 0 Å². The Morgan fingerprint density at radius 3 is 2.72 bits per heavy atom. The van der Waals surface area contributed by atoms with Crippen molar-refractivity contribution in [2.45, 2.75) is 29.9 Å². The van der Waals surface area contributed by atoms with Crippen LogP contribution in [0.15, 0.2) is 15.8 Å². The van der Waals surface area contributed by atoms with Gasteiger partial charge in [0.15, 0.2) is 0 Å². The zero-order valence-corrected chi connectivity index (χ0v) is 10.9. The molecule has 1 aliphatic rings. The molecule has 2 rings (SSSR count). The lowest BCUT2D eigenvalue weighted by atomic mass is 10.1. The summed E-state index contributed by atoms with van der Waals surface area (Å²) in [6.45, 7) is 1.39. The molecule has 0 saturated carbocycles. The fourth-order valence-corrected chi connectivity index (χ4v) is 3.54. The summed E-state index contributed by atoms with van der Waals surface area (Å²) < 4.78 is 0.878. The highest BCUT2D eigenvalue weighted by molar-refractivity contribution is 8.01. The molecule has 100 valence electrons. The molecule has 1 aromatic rings. The zero-order valence-electron chi connectivity index (χ0n) is 10.0. The summed E-state index contributed by atoms with van der Waals surface area (Å²) in [5.74, 6) is 0. The predicted octanol–water partition coefficient (Wildman–Crippen LogP) is -0.406. The second kappa shape index (κ2) is 4.91. The van der Waals surface area contributed by atoms with E-state index in [9.17, 15) is 19.8 Å². The van der Waals surface area contributed by atoms with Gasteiger partial charge in [-0.3, -0.25) is 14.3 Å². The summed E-state index contributed by atoms with van der Waals surface area (Å²) in [7, 11) is 0. The number of nitrogens with one attached hydrogen (secondary N) is 1. The van der Waals surface area contributed by atoms with Gasteiger partial charge in [-0.05, 0) is 19.8 Å². The number of hydrogen-bond acceptors (Lipinski definition) is 5. The highest BCUT2D eigenvalue weighted by Crippen LogP contribution is 2.48. The van der Waals surface area contributed by atoms with Gasteiger partial charge in [-0.1, -0.05) is 0 Å². The molecular weight excluding hydrogens is 256 g/mol. The van der Waals surface area contributed by atoms with E-state index < -0.39 is 10.4 Å². The second-order valence-electron chi connectivity index (χ2n) is 4.59. The first-order valence-electron chi connectivity index (χ1n) is 5.73. The summed E-state index contributed by atoms with van der Waals surface area (Å²) in [5, 5.41) is 18.5. The van der Waals surface area contributed by atoms with Crippen LogP contribution in [0.4, 0.5) is 0 Å². The molecule has 1 unspecified atom stereocenters. The Morgan fingerprint density at radius 2 is 2.17 bits per heavy atom. The summed E-state index contributed by atoms with van der Waals surface area (Å²) in [6, 6.07) is 0. The predicted molar refractivity (Wildman–Crippen MR) is 68.8 cm³/mol. The number of aromatic amines is 1. The van der Waals surface area contributed by atoms with Gasteiger partial charge in [-0.2, -0.15) is 0 Å². The highest BCUT2D eigenvalue weighted by Gasteiger charge is 2.40. The molecule has 1 fully saturated rings. The normalized spacial score (nSPS) is 22.3. The van der Waals surface area contributed by atoms with Crippen molar-refractivity contribution in [3.05, 3.63) is 32.6 Å². The van der Waals surface area contributed by atoms with E-state index in [2.05, 4.69) is 4.98 Å². The first kappa shape index (κ1) is 13.4. The minimum absolute atomic E-state index is 0.123. The molecular formula is C11H16N2O4S. The third-order valence-electron chi connectivity index (χ3n) is 3.27. The van der Waals surface area contributed by atoms with Crippen molar-refractivity contribution in [2.75, 3.05) is 13.2 Å². The van der Waals surface area contributed by atoms with Crippen LogP contribution in [0, 0.1) is 6.92 Å². The Hall–Kier alpha value is -1.05. The molecule has 3 N–H and O–H groups in total. The number of thioether (sulfide) groups is 1. The second-order valence-corrected chi connectivity index (χ2v) is 6.23. The molecule has 1 atom stereocenters. The fraction of sp³-hybridized carbons (Fsp3) is 0.636. The van der Waals surface area contributed by atoms with E-state index in [1.807, 2.05) is 0 Å².